The van der Waals surface area contributed by atoms with Crippen molar-refractivity contribution in [2.45, 2.75) is 52.4 Å². The lowest BCUT2D eigenvalue weighted by molar-refractivity contribution is 0.146. The van der Waals surface area contributed by atoms with Crippen LogP contribution in [0.15, 0.2) is 4.99 Å². The van der Waals surface area contributed by atoms with Crippen LogP contribution in [-0.2, 0) is 4.74 Å². The standard InChI is InChI=1S/C16H31N3O.HI/c1-3-17-15(18-11-7-13-20-4-2)19-12-10-16(14-19)8-5-6-9-16;/h3-14H2,1-2H3,(H,17,18);1H. The van der Waals surface area contributed by atoms with Gasteiger partial charge in [-0.1, -0.05) is 12.8 Å². The normalized spacial score (nSPS) is 20.9. The summed E-state index contributed by atoms with van der Waals surface area (Å²) >= 11 is 0. The average molecular weight is 409 g/mol. The van der Waals surface area contributed by atoms with E-state index in [1.54, 1.807) is 0 Å². The number of halogens is 1. The third-order valence-corrected chi connectivity index (χ3v) is 4.65. The van der Waals surface area contributed by atoms with Crippen molar-refractivity contribution in [1.82, 2.24) is 10.2 Å². The number of nitrogens with zero attached hydrogens (tertiary/aromatic N) is 2. The minimum absolute atomic E-state index is 0. The monoisotopic (exact) mass is 409 g/mol. The van der Waals surface area contributed by atoms with E-state index in [4.69, 9.17) is 9.73 Å². The van der Waals surface area contributed by atoms with E-state index in [0.29, 0.717) is 5.41 Å². The summed E-state index contributed by atoms with van der Waals surface area (Å²) < 4.78 is 5.37. The summed E-state index contributed by atoms with van der Waals surface area (Å²) in [6, 6.07) is 0. The van der Waals surface area contributed by atoms with Gasteiger partial charge in [0.1, 0.15) is 0 Å². The highest BCUT2D eigenvalue weighted by atomic mass is 127. The molecule has 2 rings (SSSR count). The molecule has 1 heterocycles. The Hall–Kier alpha value is -0.0400. The third kappa shape index (κ3) is 5.58. The van der Waals surface area contributed by atoms with Gasteiger partial charge in [0.25, 0.3) is 0 Å². The van der Waals surface area contributed by atoms with Crippen molar-refractivity contribution in [1.29, 1.82) is 0 Å². The lowest BCUT2D eigenvalue weighted by Gasteiger charge is -2.26. The van der Waals surface area contributed by atoms with Crippen LogP contribution >= 0.6 is 24.0 Å². The first-order valence-corrected chi connectivity index (χ1v) is 8.41. The molecule has 0 amide bonds. The maximum Gasteiger partial charge on any atom is 0.193 e. The topological polar surface area (TPSA) is 36.9 Å². The highest BCUT2D eigenvalue weighted by Crippen LogP contribution is 2.45. The second-order valence-corrected chi connectivity index (χ2v) is 6.16. The van der Waals surface area contributed by atoms with E-state index in [-0.39, 0.29) is 24.0 Å². The molecule has 2 aliphatic rings. The highest BCUT2D eigenvalue weighted by molar-refractivity contribution is 14.0. The maximum atomic E-state index is 5.37. The lowest BCUT2D eigenvalue weighted by atomic mass is 9.86. The van der Waals surface area contributed by atoms with Crippen molar-refractivity contribution in [3.8, 4) is 0 Å². The zero-order valence-corrected chi connectivity index (χ0v) is 16.0. The molecule has 1 aliphatic heterocycles. The van der Waals surface area contributed by atoms with Crippen molar-refractivity contribution in [3.05, 3.63) is 0 Å². The fourth-order valence-electron chi connectivity index (χ4n) is 3.57. The summed E-state index contributed by atoms with van der Waals surface area (Å²) in [5.41, 5.74) is 0.613. The zero-order chi connectivity index (χ0) is 14.3. The van der Waals surface area contributed by atoms with Crippen LogP contribution in [0.3, 0.4) is 0 Å². The number of rotatable bonds is 6. The molecule has 1 spiro atoms. The highest BCUT2D eigenvalue weighted by Gasteiger charge is 2.40. The predicted molar refractivity (Wildman–Crippen MR) is 99.6 cm³/mol. The van der Waals surface area contributed by atoms with Crippen LogP contribution in [0, 0.1) is 5.41 Å². The summed E-state index contributed by atoms with van der Waals surface area (Å²) in [6.45, 7) is 10.0. The van der Waals surface area contributed by atoms with Gasteiger partial charge in [0.05, 0.1) is 0 Å². The summed E-state index contributed by atoms with van der Waals surface area (Å²) in [5, 5.41) is 3.46. The van der Waals surface area contributed by atoms with Crippen LogP contribution in [0.4, 0.5) is 0 Å². The minimum Gasteiger partial charge on any atom is -0.382 e. The quantitative estimate of drug-likeness (QED) is 0.317. The Bertz CT molecular complexity index is 317. The molecule has 1 aliphatic carbocycles. The number of likely N-dealkylation sites (tertiary alicyclic amines) is 1. The molecule has 0 aromatic heterocycles. The van der Waals surface area contributed by atoms with Gasteiger partial charge in [0, 0.05) is 39.4 Å². The number of hydrogen-bond donors (Lipinski definition) is 1. The first-order chi connectivity index (χ1) is 9.79. The Kier molecular flexibility index (Phi) is 8.94. The van der Waals surface area contributed by atoms with E-state index >= 15 is 0 Å². The van der Waals surface area contributed by atoms with E-state index in [1.165, 1.54) is 45.2 Å². The van der Waals surface area contributed by atoms with Crippen molar-refractivity contribution >= 4 is 29.9 Å². The maximum absolute atomic E-state index is 5.37. The second kappa shape index (κ2) is 9.87. The molecule has 21 heavy (non-hydrogen) atoms. The van der Waals surface area contributed by atoms with Gasteiger partial charge in [-0.2, -0.15) is 0 Å². The van der Waals surface area contributed by atoms with E-state index in [9.17, 15) is 0 Å². The van der Waals surface area contributed by atoms with Crippen LogP contribution < -0.4 is 5.32 Å². The zero-order valence-electron chi connectivity index (χ0n) is 13.7. The molecule has 0 aromatic carbocycles. The number of hydrogen-bond acceptors (Lipinski definition) is 2. The van der Waals surface area contributed by atoms with Crippen molar-refractivity contribution in [2.24, 2.45) is 10.4 Å². The van der Waals surface area contributed by atoms with Crippen molar-refractivity contribution in [3.63, 3.8) is 0 Å². The predicted octanol–water partition coefficient (Wildman–Crippen LogP) is 3.26. The molecule has 0 bridgehead atoms. The van der Waals surface area contributed by atoms with Gasteiger partial charge in [-0.3, -0.25) is 4.99 Å². The van der Waals surface area contributed by atoms with Gasteiger partial charge in [-0.05, 0) is 44.9 Å². The van der Waals surface area contributed by atoms with Crippen molar-refractivity contribution < 1.29 is 4.74 Å². The molecule has 1 saturated carbocycles. The third-order valence-electron chi connectivity index (χ3n) is 4.65. The van der Waals surface area contributed by atoms with Crippen LogP contribution in [-0.4, -0.2) is 50.3 Å². The van der Waals surface area contributed by atoms with Crippen LogP contribution in [0.25, 0.3) is 0 Å². The SMILES string of the molecule is CCNC(=NCCCOCC)N1CCC2(CCCC2)C1.I. The van der Waals surface area contributed by atoms with E-state index in [0.717, 1.165) is 38.7 Å². The number of aliphatic imine (C=N–C) groups is 1. The van der Waals surface area contributed by atoms with Gasteiger partial charge in [0.2, 0.25) is 0 Å². The molecule has 1 N–H and O–H groups in total. The Balaban J connectivity index is 0.00000220. The summed E-state index contributed by atoms with van der Waals surface area (Å²) in [5.74, 6) is 1.12. The molecule has 4 nitrogen and oxygen atoms in total. The molecule has 124 valence electrons. The van der Waals surface area contributed by atoms with Crippen LogP contribution in [0.2, 0.25) is 0 Å². The largest absolute Gasteiger partial charge is 0.382 e. The van der Waals surface area contributed by atoms with Gasteiger partial charge in [-0.25, -0.2) is 0 Å². The molecular formula is C16H32IN3O. The van der Waals surface area contributed by atoms with E-state index in [2.05, 4.69) is 17.1 Å². The average Bonchev–Trinajstić information content (AvgIpc) is 3.08. The van der Waals surface area contributed by atoms with Crippen LogP contribution in [0.1, 0.15) is 52.4 Å². The van der Waals surface area contributed by atoms with Crippen molar-refractivity contribution in [2.75, 3.05) is 39.4 Å². The Morgan fingerprint density at radius 1 is 1.24 bits per heavy atom. The molecule has 0 unspecified atom stereocenters. The first-order valence-electron chi connectivity index (χ1n) is 8.41. The molecule has 0 atom stereocenters. The number of ether oxygens (including phenoxy) is 1. The van der Waals surface area contributed by atoms with E-state index in [1.807, 2.05) is 6.92 Å². The smallest absolute Gasteiger partial charge is 0.193 e. The molecule has 5 heteroatoms. The van der Waals surface area contributed by atoms with Gasteiger partial charge >= 0.3 is 0 Å². The molecule has 0 aromatic rings. The van der Waals surface area contributed by atoms with Crippen LogP contribution in [0.5, 0.6) is 0 Å². The summed E-state index contributed by atoms with van der Waals surface area (Å²) in [6.07, 6.45) is 8.07. The fraction of sp³-hybridized carbons (Fsp3) is 0.938. The summed E-state index contributed by atoms with van der Waals surface area (Å²) in [4.78, 5) is 7.25. The molecular weight excluding hydrogens is 377 g/mol. The molecule has 2 fully saturated rings. The van der Waals surface area contributed by atoms with E-state index < -0.39 is 0 Å². The Morgan fingerprint density at radius 3 is 2.67 bits per heavy atom. The fourth-order valence-corrected chi connectivity index (χ4v) is 3.57. The Labute approximate surface area is 147 Å². The summed E-state index contributed by atoms with van der Waals surface area (Å²) in [7, 11) is 0. The second-order valence-electron chi connectivity index (χ2n) is 6.16. The molecule has 0 radical (unpaired) electrons. The lowest BCUT2D eigenvalue weighted by Crippen LogP contribution is -2.41. The minimum atomic E-state index is 0. The van der Waals surface area contributed by atoms with Gasteiger partial charge in [0.15, 0.2) is 5.96 Å². The number of guanidine groups is 1. The van der Waals surface area contributed by atoms with Gasteiger partial charge < -0.3 is 15.0 Å². The number of nitrogens with one attached hydrogen (secondary N) is 1. The first kappa shape index (κ1) is 19.0. The van der Waals surface area contributed by atoms with Gasteiger partial charge in [-0.15, -0.1) is 24.0 Å². The Morgan fingerprint density at radius 2 is 2.00 bits per heavy atom. The molecule has 1 saturated heterocycles.